The summed E-state index contributed by atoms with van der Waals surface area (Å²) in [5.41, 5.74) is 5.55. The number of aryl methyl sites for hydroxylation is 1. The van der Waals surface area contributed by atoms with Crippen molar-refractivity contribution in [1.29, 1.82) is 0 Å². The molecule has 0 spiro atoms. The lowest BCUT2D eigenvalue weighted by atomic mass is 10.1. The Hall–Kier alpha value is -4.42. The highest BCUT2D eigenvalue weighted by Crippen LogP contribution is 2.30. The van der Waals surface area contributed by atoms with Crippen LogP contribution in [0.25, 0.3) is 22.8 Å². The lowest BCUT2D eigenvalue weighted by Crippen LogP contribution is -2.10. The van der Waals surface area contributed by atoms with E-state index in [2.05, 4.69) is 20.2 Å². The molecule has 0 radical (unpaired) electrons. The average molecular weight is 460 g/mol. The van der Waals surface area contributed by atoms with Gasteiger partial charge in [0.15, 0.2) is 0 Å². The van der Waals surface area contributed by atoms with Gasteiger partial charge in [0, 0.05) is 24.9 Å². The normalized spacial score (nSPS) is 11.5. The van der Waals surface area contributed by atoms with E-state index in [0.29, 0.717) is 23.0 Å². The molecule has 4 rings (SSSR count). The smallest absolute Gasteiger partial charge is 0.417 e. The van der Waals surface area contributed by atoms with Gasteiger partial charge in [-0.2, -0.15) is 23.3 Å². The lowest BCUT2D eigenvalue weighted by molar-refractivity contribution is -0.137. The molecule has 0 unspecified atom stereocenters. The molecule has 3 aromatic heterocycles. The lowest BCUT2D eigenvalue weighted by Gasteiger charge is -2.09. The van der Waals surface area contributed by atoms with Gasteiger partial charge in [0.2, 0.25) is 11.7 Å². The molecule has 3 heterocycles. The number of nitrogens with zero attached hydrogens (tertiary/aromatic N) is 5. The number of rotatable bonds is 6. The third-order valence-corrected chi connectivity index (χ3v) is 4.66. The summed E-state index contributed by atoms with van der Waals surface area (Å²) in [7, 11) is 1.64. The van der Waals surface area contributed by atoms with E-state index in [1.54, 1.807) is 7.05 Å². The van der Waals surface area contributed by atoms with Crippen molar-refractivity contribution in [2.75, 3.05) is 0 Å². The van der Waals surface area contributed by atoms with Gasteiger partial charge in [-0.05, 0) is 24.3 Å². The Bertz CT molecular complexity index is 1310. The van der Waals surface area contributed by atoms with Crippen LogP contribution in [0.15, 0.2) is 47.2 Å². The first-order chi connectivity index (χ1) is 15.6. The highest BCUT2D eigenvalue weighted by Gasteiger charge is 2.30. The topological polar surface area (TPSA) is 142 Å². The number of nitrogens with two attached hydrogens (primary N) is 1. The van der Waals surface area contributed by atoms with E-state index in [1.807, 2.05) is 0 Å². The van der Waals surface area contributed by atoms with Crippen molar-refractivity contribution in [3.8, 4) is 34.5 Å². The average Bonchev–Trinajstić information content (AvgIpc) is 3.38. The first-order valence-corrected chi connectivity index (χ1v) is 9.27. The standard InChI is InChI=1S/C20H15F3N6O4/c1-29-14(9-32-16-5-3-11(7-25-16)20(21,22)23)13(8-26-29)19-27-18(28-33-19)10-2-4-12(17(24)31)15(30)6-10/h2-8,30H,9H2,1H3,(H2,24,31). The molecular weight excluding hydrogens is 445 g/mol. The summed E-state index contributed by atoms with van der Waals surface area (Å²) in [6, 6.07) is 6.10. The van der Waals surface area contributed by atoms with E-state index in [4.69, 9.17) is 15.0 Å². The Balaban J connectivity index is 1.54. The summed E-state index contributed by atoms with van der Waals surface area (Å²) in [6.45, 7) is -0.0873. The summed E-state index contributed by atoms with van der Waals surface area (Å²) in [5.74, 6) is -0.889. The van der Waals surface area contributed by atoms with Crippen LogP contribution in [0.5, 0.6) is 11.6 Å². The molecule has 170 valence electrons. The zero-order valence-electron chi connectivity index (χ0n) is 16.9. The second-order valence-electron chi connectivity index (χ2n) is 6.82. The number of hydrogen-bond donors (Lipinski definition) is 2. The van der Waals surface area contributed by atoms with Gasteiger partial charge < -0.3 is 20.1 Å². The van der Waals surface area contributed by atoms with Crippen LogP contribution in [0.4, 0.5) is 13.2 Å². The molecule has 4 aromatic rings. The number of aromatic hydroxyl groups is 1. The van der Waals surface area contributed by atoms with E-state index in [1.165, 1.54) is 29.1 Å². The van der Waals surface area contributed by atoms with Gasteiger partial charge in [0.25, 0.3) is 11.8 Å². The number of amides is 1. The van der Waals surface area contributed by atoms with Crippen molar-refractivity contribution in [2.45, 2.75) is 12.8 Å². The molecule has 3 N–H and O–H groups in total. The highest BCUT2D eigenvalue weighted by atomic mass is 19.4. The molecule has 1 aromatic carbocycles. The molecule has 0 aliphatic heterocycles. The predicted octanol–water partition coefficient (Wildman–Crippen LogP) is 2.93. The van der Waals surface area contributed by atoms with Crippen molar-refractivity contribution in [3.63, 3.8) is 0 Å². The summed E-state index contributed by atoms with van der Waals surface area (Å²) in [6.07, 6.45) is -2.35. The second-order valence-corrected chi connectivity index (χ2v) is 6.82. The maximum absolute atomic E-state index is 12.7. The summed E-state index contributed by atoms with van der Waals surface area (Å²) >= 11 is 0. The van der Waals surface area contributed by atoms with Crippen LogP contribution < -0.4 is 10.5 Å². The number of aromatic nitrogens is 5. The Morgan fingerprint density at radius 3 is 2.67 bits per heavy atom. The van der Waals surface area contributed by atoms with Gasteiger partial charge in [-0.15, -0.1) is 0 Å². The quantitative estimate of drug-likeness (QED) is 0.447. The first kappa shape index (κ1) is 21.8. The molecule has 13 heteroatoms. The van der Waals surface area contributed by atoms with Crippen LogP contribution in [-0.4, -0.2) is 35.9 Å². The largest absolute Gasteiger partial charge is 0.507 e. The maximum atomic E-state index is 12.7. The molecule has 33 heavy (non-hydrogen) atoms. The number of benzene rings is 1. The third-order valence-electron chi connectivity index (χ3n) is 4.66. The number of pyridine rings is 1. The van der Waals surface area contributed by atoms with Crippen LogP contribution in [0, 0.1) is 0 Å². The minimum Gasteiger partial charge on any atom is -0.507 e. The Labute approximate surface area is 183 Å². The van der Waals surface area contributed by atoms with Gasteiger partial charge in [-0.1, -0.05) is 5.16 Å². The molecule has 0 fully saturated rings. The summed E-state index contributed by atoms with van der Waals surface area (Å²) < 4.78 is 50.3. The third kappa shape index (κ3) is 4.46. The Morgan fingerprint density at radius 2 is 2.03 bits per heavy atom. The number of carbonyl (C=O) groups excluding carboxylic acids is 1. The Kier molecular flexibility index (Phi) is 5.45. The van der Waals surface area contributed by atoms with E-state index in [-0.39, 0.29) is 35.5 Å². The molecule has 1 amide bonds. The van der Waals surface area contributed by atoms with Gasteiger partial charge in [0.1, 0.15) is 12.4 Å². The number of phenols is 1. The van der Waals surface area contributed by atoms with Crippen LogP contribution >= 0.6 is 0 Å². The zero-order chi connectivity index (χ0) is 23.8. The molecule has 0 aliphatic rings. The number of alkyl halides is 3. The molecule has 0 atom stereocenters. The number of hydrogen-bond acceptors (Lipinski definition) is 8. The van der Waals surface area contributed by atoms with Crippen LogP contribution in [-0.2, 0) is 19.8 Å². The number of primary amides is 1. The van der Waals surface area contributed by atoms with Gasteiger partial charge in [-0.25, -0.2) is 4.98 Å². The second kappa shape index (κ2) is 8.26. The van der Waals surface area contributed by atoms with Crippen LogP contribution in [0.1, 0.15) is 21.6 Å². The van der Waals surface area contributed by atoms with Crippen molar-refractivity contribution >= 4 is 5.91 Å². The SMILES string of the molecule is Cn1ncc(-c2nc(-c3ccc(C(N)=O)c(O)c3)no2)c1COc1ccc(C(F)(F)F)cn1. The maximum Gasteiger partial charge on any atom is 0.417 e. The molecule has 10 nitrogen and oxygen atoms in total. The fourth-order valence-electron chi connectivity index (χ4n) is 2.92. The highest BCUT2D eigenvalue weighted by molar-refractivity contribution is 5.96. The van der Waals surface area contributed by atoms with E-state index in [9.17, 15) is 23.1 Å². The number of halogens is 3. The monoisotopic (exact) mass is 460 g/mol. The predicted molar refractivity (Wildman–Crippen MR) is 106 cm³/mol. The molecule has 0 saturated carbocycles. The Morgan fingerprint density at radius 1 is 1.24 bits per heavy atom. The minimum absolute atomic E-state index is 0.00798. The summed E-state index contributed by atoms with van der Waals surface area (Å²) in [4.78, 5) is 19.2. The van der Waals surface area contributed by atoms with E-state index < -0.39 is 17.6 Å². The van der Waals surface area contributed by atoms with Gasteiger partial charge in [-0.3, -0.25) is 9.48 Å². The van der Waals surface area contributed by atoms with Crippen molar-refractivity contribution < 1.29 is 32.3 Å². The van der Waals surface area contributed by atoms with Crippen molar-refractivity contribution in [2.24, 2.45) is 12.8 Å². The molecule has 0 saturated heterocycles. The van der Waals surface area contributed by atoms with E-state index in [0.717, 1.165) is 12.1 Å². The number of carbonyl (C=O) groups is 1. The zero-order valence-corrected chi connectivity index (χ0v) is 16.9. The van der Waals surface area contributed by atoms with Crippen LogP contribution in [0.3, 0.4) is 0 Å². The van der Waals surface area contributed by atoms with E-state index >= 15 is 0 Å². The minimum atomic E-state index is -4.49. The fraction of sp³-hybridized carbons (Fsp3) is 0.150. The number of ether oxygens (including phenoxy) is 1. The molecule has 0 bridgehead atoms. The first-order valence-electron chi connectivity index (χ1n) is 9.27. The van der Waals surface area contributed by atoms with Gasteiger partial charge >= 0.3 is 6.18 Å². The van der Waals surface area contributed by atoms with Crippen LogP contribution in [0.2, 0.25) is 0 Å². The molecule has 0 aliphatic carbocycles. The van der Waals surface area contributed by atoms with Gasteiger partial charge in [0.05, 0.1) is 28.6 Å². The fourth-order valence-corrected chi connectivity index (χ4v) is 2.92. The molecular formula is C20H15F3N6O4. The van der Waals surface area contributed by atoms with Crippen molar-refractivity contribution in [3.05, 3.63) is 59.5 Å². The van der Waals surface area contributed by atoms with Crippen molar-refractivity contribution in [1.82, 2.24) is 24.9 Å². The summed E-state index contributed by atoms with van der Waals surface area (Å²) in [5, 5.41) is 17.9.